The number of aliphatic hydroxyl groups is 1. The van der Waals surface area contributed by atoms with Crippen molar-refractivity contribution < 1.29 is 50.9 Å². The Kier molecular flexibility index (Phi) is 6.36. The molecular weight excluding hydrogens is 455 g/mol. The second kappa shape index (κ2) is 8.03. The van der Waals surface area contributed by atoms with Gasteiger partial charge in [-0.2, -0.15) is 13.2 Å². The lowest BCUT2D eigenvalue weighted by Crippen LogP contribution is -2.64. The third-order valence-electron chi connectivity index (χ3n) is 7.17. The van der Waals surface area contributed by atoms with Crippen LogP contribution in [0.4, 0.5) is 22.0 Å². The number of hydrogen-bond acceptors (Lipinski definition) is 6. The first-order valence-electron chi connectivity index (χ1n) is 11.1. The molecule has 4 aliphatic rings. The molecule has 6 nitrogen and oxygen atoms in total. The van der Waals surface area contributed by atoms with Crippen molar-refractivity contribution >= 4 is 11.9 Å². The maximum absolute atomic E-state index is 14.5. The quantitative estimate of drug-likeness (QED) is 0.327. The molecular formula is C22H31F5O6. The van der Waals surface area contributed by atoms with Crippen molar-refractivity contribution in [2.75, 3.05) is 13.2 Å². The summed E-state index contributed by atoms with van der Waals surface area (Å²) in [5, 5.41) is 10.8. The molecule has 3 unspecified atom stereocenters. The van der Waals surface area contributed by atoms with Gasteiger partial charge in [0, 0.05) is 5.41 Å². The number of alkyl halides is 5. The van der Waals surface area contributed by atoms with Crippen LogP contribution in [0.2, 0.25) is 0 Å². The summed E-state index contributed by atoms with van der Waals surface area (Å²) in [7, 11) is 0. The van der Waals surface area contributed by atoms with Gasteiger partial charge in [0.05, 0.1) is 17.6 Å². The van der Waals surface area contributed by atoms with Crippen molar-refractivity contribution in [3.63, 3.8) is 0 Å². The van der Waals surface area contributed by atoms with Crippen molar-refractivity contribution in [3.8, 4) is 0 Å². The molecule has 0 aromatic heterocycles. The molecule has 0 spiro atoms. The number of hydrogen-bond donors (Lipinski definition) is 1. The van der Waals surface area contributed by atoms with Crippen LogP contribution in [0.5, 0.6) is 0 Å². The Morgan fingerprint density at radius 3 is 1.97 bits per heavy atom. The smallest absolute Gasteiger partial charge is 0.461 e. The molecule has 4 aliphatic carbocycles. The average Bonchev–Trinajstić information content (AvgIpc) is 2.61. The van der Waals surface area contributed by atoms with Crippen LogP contribution in [-0.2, 0) is 23.8 Å². The zero-order chi connectivity index (χ0) is 25.1. The monoisotopic (exact) mass is 486 g/mol. The lowest BCUT2D eigenvalue weighted by molar-refractivity contribution is -0.370. The molecule has 0 radical (unpaired) electrons. The van der Waals surface area contributed by atoms with E-state index in [9.17, 15) is 36.6 Å². The number of halogens is 5. The SMILES string of the molecule is CCOC(=O)C(OCC(F)(F)C(C)(C)C)(OC(=O)C12CC3CC(CC(O)(C3)C1)C2)C(F)(F)F. The number of carbonyl (C=O) groups excluding carboxylic acids is 2. The number of ether oxygens (including phenoxy) is 3. The maximum Gasteiger partial charge on any atom is 0.468 e. The highest BCUT2D eigenvalue weighted by molar-refractivity contribution is 5.85. The van der Waals surface area contributed by atoms with Gasteiger partial charge < -0.3 is 19.3 Å². The fourth-order valence-corrected chi connectivity index (χ4v) is 5.71. The molecule has 11 heteroatoms. The van der Waals surface area contributed by atoms with E-state index in [1.807, 2.05) is 0 Å². The summed E-state index contributed by atoms with van der Waals surface area (Å²) in [6.45, 7) is 2.15. The highest BCUT2D eigenvalue weighted by Crippen LogP contribution is 2.62. The fraction of sp³-hybridized carbons (Fsp3) is 0.909. The molecule has 0 aromatic rings. The summed E-state index contributed by atoms with van der Waals surface area (Å²) in [5.74, 6) is -11.8. The van der Waals surface area contributed by atoms with E-state index in [-0.39, 0.29) is 31.1 Å². The predicted octanol–water partition coefficient (Wildman–Crippen LogP) is 4.38. The summed E-state index contributed by atoms with van der Waals surface area (Å²) in [4.78, 5) is 25.7. The van der Waals surface area contributed by atoms with Crippen molar-refractivity contribution in [1.82, 2.24) is 0 Å². The molecule has 1 N–H and O–H groups in total. The fourth-order valence-electron chi connectivity index (χ4n) is 5.71. The third-order valence-corrected chi connectivity index (χ3v) is 7.17. The summed E-state index contributed by atoms with van der Waals surface area (Å²) >= 11 is 0. The predicted molar refractivity (Wildman–Crippen MR) is 104 cm³/mol. The maximum atomic E-state index is 14.5. The largest absolute Gasteiger partial charge is 0.468 e. The molecule has 0 heterocycles. The van der Waals surface area contributed by atoms with E-state index >= 15 is 0 Å². The second-order valence-corrected chi connectivity index (χ2v) is 10.9. The second-order valence-electron chi connectivity index (χ2n) is 10.9. The van der Waals surface area contributed by atoms with Crippen molar-refractivity contribution in [2.45, 2.75) is 89.7 Å². The molecule has 4 bridgehead atoms. The van der Waals surface area contributed by atoms with Gasteiger partial charge in [-0.05, 0) is 57.3 Å². The topological polar surface area (TPSA) is 82.1 Å². The lowest BCUT2D eigenvalue weighted by atomic mass is 9.48. The molecule has 0 aromatic carbocycles. The molecule has 0 amide bonds. The molecule has 4 fully saturated rings. The zero-order valence-corrected chi connectivity index (χ0v) is 19.2. The van der Waals surface area contributed by atoms with Gasteiger partial charge in [-0.25, -0.2) is 13.6 Å². The van der Waals surface area contributed by atoms with Crippen LogP contribution in [0, 0.1) is 22.7 Å². The molecule has 190 valence electrons. The van der Waals surface area contributed by atoms with Gasteiger partial charge in [0.15, 0.2) is 0 Å². The van der Waals surface area contributed by atoms with E-state index in [1.54, 1.807) is 0 Å². The number of rotatable bonds is 7. The van der Waals surface area contributed by atoms with Crippen molar-refractivity contribution in [1.29, 1.82) is 0 Å². The van der Waals surface area contributed by atoms with Gasteiger partial charge in [-0.1, -0.05) is 20.8 Å². The van der Waals surface area contributed by atoms with Gasteiger partial charge in [0.1, 0.15) is 6.61 Å². The Hall–Kier alpha value is -1.49. The molecule has 4 rings (SSSR count). The first kappa shape index (κ1) is 26.1. The highest BCUT2D eigenvalue weighted by Gasteiger charge is 2.71. The van der Waals surface area contributed by atoms with E-state index in [0.29, 0.717) is 12.8 Å². The minimum Gasteiger partial charge on any atom is -0.461 e. The van der Waals surface area contributed by atoms with Crippen LogP contribution in [-0.4, -0.2) is 53.7 Å². The normalized spacial score (nSPS) is 33.5. The summed E-state index contributed by atoms with van der Waals surface area (Å²) in [6.07, 6.45) is -3.79. The van der Waals surface area contributed by atoms with Crippen LogP contribution in [0.1, 0.15) is 66.2 Å². The van der Waals surface area contributed by atoms with Crippen LogP contribution in [0.25, 0.3) is 0 Å². The minimum absolute atomic E-state index is 0.0715. The van der Waals surface area contributed by atoms with Gasteiger partial charge in [-0.3, -0.25) is 4.79 Å². The summed E-state index contributed by atoms with van der Waals surface area (Å²) in [5.41, 5.74) is -4.45. The van der Waals surface area contributed by atoms with Gasteiger partial charge in [-0.15, -0.1) is 0 Å². The van der Waals surface area contributed by atoms with E-state index in [2.05, 4.69) is 9.47 Å². The lowest BCUT2D eigenvalue weighted by Gasteiger charge is -2.59. The molecule has 33 heavy (non-hydrogen) atoms. The van der Waals surface area contributed by atoms with Gasteiger partial charge in [0.2, 0.25) is 0 Å². The standard InChI is InChI=1S/C22H31F5O6/c1-5-31-16(29)21(22(25,26)27,32-12-20(23,24)17(2,3)4)33-15(28)18-7-13-6-14(8-18)10-19(30,9-13)11-18/h13-14,30H,5-12H2,1-4H3. The summed E-state index contributed by atoms with van der Waals surface area (Å²) < 4.78 is 85.4. The molecule has 3 atom stereocenters. The average molecular weight is 486 g/mol. The van der Waals surface area contributed by atoms with E-state index in [4.69, 9.17) is 4.74 Å². The van der Waals surface area contributed by atoms with Gasteiger partial charge in [0.25, 0.3) is 5.92 Å². The number of carbonyl (C=O) groups is 2. The van der Waals surface area contributed by atoms with Crippen LogP contribution in [0.15, 0.2) is 0 Å². The Bertz CT molecular complexity index is 775. The van der Waals surface area contributed by atoms with Crippen LogP contribution >= 0.6 is 0 Å². The van der Waals surface area contributed by atoms with Crippen LogP contribution in [0.3, 0.4) is 0 Å². The zero-order valence-electron chi connectivity index (χ0n) is 19.2. The Balaban J connectivity index is 1.95. The number of esters is 2. The first-order valence-corrected chi connectivity index (χ1v) is 11.1. The van der Waals surface area contributed by atoms with Crippen molar-refractivity contribution in [3.05, 3.63) is 0 Å². The highest BCUT2D eigenvalue weighted by atomic mass is 19.4. The van der Waals surface area contributed by atoms with E-state index in [1.165, 1.54) is 6.92 Å². The third kappa shape index (κ3) is 4.59. The van der Waals surface area contributed by atoms with Crippen molar-refractivity contribution in [2.24, 2.45) is 22.7 Å². The summed E-state index contributed by atoms with van der Waals surface area (Å²) in [6, 6.07) is 0. The Morgan fingerprint density at radius 1 is 1.00 bits per heavy atom. The van der Waals surface area contributed by atoms with E-state index in [0.717, 1.165) is 27.2 Å². The van der Waals surface area contributed by atoms with E-state index < -0.39 is 59.5 Å². The molecule has 0 saturated heterocycles. The Labute approximate surface area is 189 Å². The first-order chi connectivity index (χ1) is 14.9. The minimum atomic E-state index is -5.69. The van der Waals surface area contributed by atoms with Crippen LogP contribution < -0.4 is 0 Å². The molecule has 0 aliphatic heterocycles. The molecule has 4 saturated carbocycles. The van der Waals surface area contributed by atoms with Gasteiger partial charge >= 0.3 is 23.9 Å². The Morgan fingerprint density at radius 2 is 1.55 bits per heavy atom.